The van der Waals surface area contributed by atoms with Crippen LogP contribution in [0, 0.1) is 0 Å². The zero-order chi connectivity index (χ0) is 7.28. The summed E-state index contributed by atoms with van der Waals surface area (Å²) < 4.78 is 0. The van der Waals surface area contributed by atoms with Crippen molar-refractivity contribution in [3.8, 4) is 0 Å². The van der Waals surface area contributed by atoms with Gasteiger partial charge in [0.1, 0.15) is 0 Å². The van der Waals surface area contributed by atoms with Crippen LogP contribution in [0.2, 0.25) is 0 Å². The SMILES string of the molecule is C/C=C/C(=O)NC(C)C.[HH]. The van der Waals surface area contributed by atoms with Gasteiger partial charge in [-0.1, -0.05) is 6.08 Å². The Morgan fingerprint density at radius 2 is 2.22 bits per heavy atom. The highest BCUT2D eigenvalue weighted by molar-refractivity contribution is 5.87. The third-order valence-electron chi connectivity index (χ3n) is 0.749. The molecule has 1 amide bonds. The van der Waals surface area contributed by atoms with Gasteiger partial charge in [-0.05, 0) is 26.8 Å². The summed E-state index contributed by atoms with van der Waals surface area (Å²) in [6.45, 7) is 5.68. The molecule has 0 spiro atoms. The quantitative estimate of drug-likeness (QED) is 0.560. The molecule has 0 fully saturated rings. The minimum absolute atomic E-state index is 0. The normalized spacial score (nSPS) is 10.7. The van der Waals surface area contributed by atoms with Crippen molar-refractivity contribution in [2.45, 2.75) is 26.8 Å². The molecule has 0 aliphatic rings. The highest BCUT2D eigenvalue weighted by Gasteiger charge is 1.94. The number of hydrogen-bond acceptors (Lipinski definition) is 1. The van der Waals surface area contributed by atoms with E-state index in [-0.39, 0.29) is 13.4 Å². The largest absolute Gasteiger partial charge is 0.350 e. The molecule has 0 radical (unpaired) electrons. The van der Waals surface area contributed by atoms with Gasteiger partial charge in [-0.25, -0.2) is 0 Å². The molecular weight excluding hydrogens is 114 g/mol. The van der Waals surface area contributed by atoms with Crippen molar-refractivity contribution in [1.29, 1.82) is 0 Å². The van der Waals surface area contributed by atoms with Crippen LogP contribution in [0.3, 0.4) is 0 Å². The number of hydrogen-bond donors (Lipinski definition) is 1. The standard InChI is InChI=1S/C7H13NO.H2/c1-4-5-7(9)8-6(2)3;/h4-6H,1-3H3,(H,8,9);1H/b5-4+;. The second-order valence-electron chi connectivity index (χ2n) is 2.16. The third-order valence-corrected chi connectivity index (χ3v) is 0.749. The predicted molar refractivity (Wildman–Crippen MR) is 40.2 cm³/mol. The fourth-order valence-corrected chi connectivity index (χ4v) is 0.484. The van der Waals surface area contributed by atoms with Crippen molar-refractivity contribution < 1.29 is 6.22 Å². The first-order chi connectivity index (χ1) is 4.16. The fourth-order valence-electron chi connectivity index (χ4n) is 0.484. The molecular formula is C7H15NO. The number of allylic oxidation sites excluding steroid dienone is 1. The summed E-state index contributed by atoms with van der Waals surface area (Å²) in [6.07, 6.45) is 3.23. The van der Waals surface area contributed by atoms with Gasteiger partial charge in [-0.2, -0.15) is 0 Å². The molecule has 2 heteroatoms. The van der Waals surface area contributed by atoms with Crippen LogP contribution in [-0.2, 0) is 4.79 Å². The van der Waals surface area contributed by atoms with Crippen LogP contribution < -0.4 is 5.32 Å². The highest BCUT2D eigenvalue weighted by atomic mass is 16.1. The molecule has 2 nitrogen and oxygen atoms in total. The van der Waals surface area contributed by atoms with Gasteiger partial charge < -0.3 is 5.32 Å². The molecule has 0 heterocycles. The summed E-state index contributed by atoms with van der Waals surface area (Å²) >= 11 is 0. The maximum atomic E-state index is 10.7. The molecule has 0 bridgehead atoms. The van der Waals surface area contributed by atoms with Crippen LogP contribution >= 0.6 is 0 Å². The van der Waals surface area contributed by atoms with Crippen molar-refractivity contribution in [2.24, 2.45) is 0 Å². The number of rotatable bonds is 2. The molecule has 0 aromatic rings. The molecule has 0 rings (SSSR count). The smallest absolute Gasteiger partial charge is 0.243 e. The molecule has 0 saturated carbocycles. The van der Waals surface area contributed by atoms with Crippen LogP contribution in [0.25, 0.3) is 0 Å². The molecule has 0 atom stereocenters. The molecule has 0 aromatic carbocycles. The average molecular weight is 129 g/mol. The van der Waals surface area contributed by atoms with E-state index in [0.29, 0.717) is 0 Å². The van der Waals surface area contributed by atoms with Gasteiger partial charge in [-0.3, -0.25) is 4.79 Å². The van der Waals surface area contributed by atoms with Gasteiger partial charge in [0.2, 0.25) is 5.91 Å². The third kappa shape index (κ3) is 5.07. The Kier molecular flexibility index (Phi) is 3.76. The minimum Gasteiger partial charge on any atom is -0.350 e. The molecule has 1 N–H and O–H groups in total. The molecule has 0 saturated heterocycles. The number of amides is 1. The van der Waals surface area contributed by atoms with Crippen molar-refractivity contribution in [3.63, 3.8) is 0 Å². The van der Waals surface area contributed by atoms with Crippen molar-refractivity contribution in [1.82, 2.24) is 5.32 Å². The summed E-state index contributed by atoms with van der Waals surface area (Å²) in [5.74, 6) is -0.0208. The van der Waals surface area contributed by atoms with Gasteiger partial charge in [-0.15, -0.1) is 0 Å². The lowest BCUT2D eigenvalue weighted by atomic mass is 10.4. The van der Waals surface area contributed by atoms with Crippen LogP contribution in [-0.4, -0.2) is 11.9 Å². The van der Waals surface area contributed by atoms with E-state index in [2.05, 4.69) is 5.32 Å². The zero-order valence-corrected chi connectivity index (χ0v) is 6.14. The Morgan fingerprint density at radius 3 is 2.56 bits per heavy atom. The number of carbonyl (C=O) groups excluding carboxylic acids is 1. The van der Waals surface area contributed by atoms with E-state index in [1.165, 1.54) is 6.08 Å². The van der Waals surface area contributed by atoms with Gasteiger partial charge in [0, 0.05) is 7.47 Å². The first kappa shape index (κ1) is 8.21. The summed E-state index contributed by atoms with van der Waals surface area (Å²) in [4.78, 5) is 10.7. The Bertz CT molecular complexity index is 121. The molecule has 54 valence electrons. The Balaban J connectivity index is 0. The van der Waals surface area contributed by atoms with Gasteiger partial charge in [0.15, 0.2) is 0 Å². The maximum Gasteiger partial charge on any atom is 0.243 e. The first-order valence-electron chi connectivity index (χ1n) is 3.10. The lowest BCUT2D eigenvalue weighted by Gasteiger charge is -2.03. The van der Waals surface area contributed by atoms with Crippen molar-refractivity contribution in [2.75, 3.05) is 0 Å². The summed E-state index contributed by atoms with van der Waals surface area (Å²) in [5, 5.41) is 2.72. The van der Waals surface area contributed by atoms with E-state index in [1.54, 1.807) is 6.08 Å². The van der Waals surface area contributed by atoms with E-state index in [4.69, 9.17) is 0 Å². The molecule has 0 aliphatic heterocycles. The molecule has 9 heavy (non-hydrogen) atoms. The Hall–Kier alpha value is -0.790. The lowest BCUT2D eigenvalue weighted by Crippen LogP contribution is -2.28. The molecule has 0 aromatic heterocycles. The van der Waals surface area contributed by atoms with Crippen LogP contribution in [0.15, 0.2) is 12.2 Å². The van der Waals surface area contributed by atoms with E-state index in [9.17, 15) is 4.79 Å². The van der Waals surface area contributed by atoms with E-state index in [1.807, 2.05) is 20.8 Å². The van der Waals surface area contributed by atoms with Crippen LogP contribution in [0.5, 0.6) is 0 Å². The summed E-state index contributed by atoms with van der Waals surface area (Å²) in [7, 11) is 0. The highest BCUT2D eigenvalue weighted by Crippen LogP contribution is 1.77. The maximum absolute atomic E-state index is 10.7. The summed E-state index contributed by atoms with van der Waals surface area (Å²) in [5.41, 5.74) is 0. The summed E-state index contributed by atoms with van der Waals surface area (Å²) in [6, 6.07) is 0.230. The Morgan fingerprint density at radius 1 is 1.67 bits per heavy atom. The van der Waals surface area contributed by atoms with Crippen molar-refractivity contribution >= 4 is 5.91 Å². The minimum atomic E-state index is -0.0208. The zero-order valence-electron chi connectivity index (χ0n) is 6.14. The monoisotopic (exact) mass is 129 g/mol. The fraction of sp³-hybridized carbons (Fsp3) is 0.571. The second kappa shape index (κ2) is 4.13. The number of nitrogens with one attached hydrogen (secondary N) is 1. The number of carbonyl (C=O) groups is 1. The molecule has 0 aliphatic carbocycles. The average Bonchev–Trinajstić information content (AvgIpc) is 1.63. The predicted octanol–water partition coefficient (Wildman–Crippen LogP) is 1.33. The van der Waals surface area contributed by atoms with Crippen LogP contribution in [0.4, 0.5) is 0 Å². The van der Waals surface area contributed by atoms with Gasteiger partial charge in [0.05, 0.1) is 0 Å². The lowest BCUT2D eigenvalue weighted by molar-refractivity contribution is -0.116. The van der Waals surface area contributed by atoms with Crippen LogP contribution in [0.1, 0.15) is 22.2 Å². The Labute approximate surface area is 57.4 Å². The second-order valence-corrected chi connectivity index (χ2v) is 2.16. The van der Waals surface area contributed by atoms with Gasteiger partial charge in [0.25, 0.3) is 0 Å². The van der Waals surface area contributed by atoms with Crippen molar-refractivity contribution in [3.05, 3.63) is 12.2 Å². The van der Waals surface area contributed by atoms with E-state index >= 15 is 0 Å². The van der Waals surface area contributed by atoms with Gasteiger partial charge >= 0.3 is 0 Å². The molecule has 0 unspecified atom stereocenters. The van der Waals surface area contributed by atoms with E-state index in [0.717, 1.165) is 0 Å². The topological polar surface area (TPSA) is 29.1 Å². The first-order valence-corrected chi connectivity index (χ1v) is 3.10. The van der Waals surface area contributed by atoms with E-state index < -0.39 is 0 Å².